The molecule has 0 radical (unpaired) electrons. The minimum atomic E-state index is -4.30. The van der Waals surface area contributed by atoms with Crippen molar-refractivity contribution in [2.24, 2.45) is 0 Å². The minimum Gasteiger partial charge on any atom is -0.387 e. The van der Waals surface area contributed by atoms with Gasteiger partial charge < -0.3 is 19.8 Å². The summed E-state index contributed by atoms with van der Waals surface area (Å²) >= 11 is 0. The first-order valence-electron chi connectivity index (χ1n) is 12.9. The maximum atomic E-state index is 12.2. The van der Waals surface area contributed by atoms with Crippen molar-refractivity contribution >= 4 is 13.7 Å². The number of hydrogen-bond acceptors (Lipinski definition) is 5. The van der Waals surface area contributed by atoms with Gasteiger partial charge in [-0.05, 0) is 38.5 Å². The number of aliphatic hydroxyl groups is 1. The summed E-state index contributed by atoms with van der Waals surface area (Å²) in [5.41, 5.74) is 0. The van der Waals surface area contributed by atoms with E-state index in [9.17, 15) is 19.4 Å². The molecular formula is C26H50N2O6P+. The van der Waals surface area contributed by atoms with Crippen LogP contribution in [-0.4, -0.2) is 73.4 Å². The molecule has 3 unspecified atom stereocenters. The van der Waals surface area contributed by atoms with Crippen LogP contribution in [0.25, 0.3) is 0 Å². The van der Waals surface area contributed by atoms with Crippen LogP contribution in [0.1, 0.15) is 71.6 Å². The molecule has 0 heterocycles. The van der Waals surface area contributed by atoms with Gasteiger partial charge in [0.05, 0.1) is 39.9 Å². The average molecular weight is 518 g/mol. The van der Waals surface area contributed by atoms with Gasteiger partial charge in [0.15, 0.2) is 0 Å². The van der Waals surface area contributed by atoms with Crippen molar-refractivity contribution in [2.75, 3.05) is 40.9 Å². The summed E-state index contributed by atoms with van der Waals surface area (Å²) in [4.78, 5) is 22.2. The molecular weight excluding hydrogens is 467 g/mol. The number of quaternary nitrogens is 1. The highest BCUT2D eigenvalue weighted by Gasteiger charge is 2.27. The van der Waals surface area contributed by atoms with Gasteiger partial charge >= 0.3 is 7.82 Å². The molecule has 8 nitrogen and oxygen atoms in total. The van der Waals surface area contributed by atoms with Crippen molar-refractivity contribution < 1.29 is 32.9 Å². The Hall–Kier alpha value is -1.28. The van der Waals surface area contributed by atoms with Crippen molar-refractivity contribution in [1.29, 1.82) is 0 Å². The Balaban J connectivity index is 4.69. The summed E-state index contributed by atoms with van der Waals surface area (Å²) in [7, 11) is 1.53. The molecule has 0 aromatic carbocycles. The number of allylic oxidation sites excluding steroid dienone is 5. The first-order valence-corrected chi connectivity index (χ1v) is 14.4. The van der Waals surface area contributed by atoms with Crippen LogP contribution in [0.5, 0.6) is 0 Å². The molecule has 0 aromatic rings. The predicted octanol–water partition coefficient (Wildman–Crippen LogP) is 4.89. The lowest BCUT2D eigenvalue weighted by atomic mass is 10.1. The largest absolute Gasteiger partial charge is 0.472 e. The minimum absolute atomic E-state index is 0.0514. The Bertz CT molecular complexity index is 688. The molecule has 3 atom stereocenters. The molecule has 0 aliphatic carbocycles. The quantitative estimate of drug-likeness (QED) is 0.0867. The molecule has 0 saturated carbocycles. The maximum absolute atomic E-state index is 12.2. The molecule has 3 N–H and O–H groups in total. The fraction of sp³-hybridized carbons (Fsp3) is 0.731. The van der Waals surface area contributed by atoms with E-state index in [1.807, 2.05) is 34.1 Å². The second-order valence-corrected chi connectivity index (χ2v) is 11.1. The van der Waals surface area contributed by atoms with Crippen molar-refractivity contribution in [1.82, 2.24) is 5.32 Å². The van der Waals surface area contributed by atoms with Crippen LogP contribution in [0.4, 0.5) is 0 Å². The van der Waals surface area contributed by atoms with E-state index < -0.39 is 20.0 Å². The molecule has 1 amide bonds. The van der Waals surface area contributed by atoms with E-state index in [0.29, 0.717) is 17.4 Å². The second kappa shape index (κ2) is 19.9. The van der Waals surface area contributed by atoms with Gasteiger partial charge in [0.2, 0.25) is 5.91 Å². The Morgan fingerprint density at radius 3 is 2.06 bits per heavy atom. The van der Waals surface area contributed by atoms with E-state index in [0.717, 1.165) is 44.9 Å². The zero-order chi connectivity index (χ0) is 26.6. The summed E-state index contributed by atoms with van der Waals surface area (Å²) in [5, 5.41) is 13.3. The second-order valence-electron chi connectivity index (χ2n) is 9.69. The van der Waals surface area contributed by atoms with E-state index in [-0.39, 0.29) is 19.1 Å². The molecule has 0 rings (SSSR count). The van der Waals surface area contributed by atoms with Crippen molar-refractivity contribution in [3.8, 4) is 0 Å². The highest BCUT2D eigenvalue weighted by molar-refractivity contribution is 7.47. The summed E-state index contributed by atoms with van der Waals surface area (Å²) in [6.07, 6.45) is 18.9. The van der Waals surface area contributed by atoms with E-state index in [2.05, 4.69) is 36.5 Å². The van der Waals surface area contributed by atoms with Gasteiger partial charge in [-0.3, -0.25) is 13.8 Å². The van der Waals surface area contributed by atoms with Gasteiger partial charge in [-0.1, -0.05) is 63.1 Å². The summed E-state index contributed by atoms with van der Waals surface area (Å²) < 4.78 is 22.9. The average Bonchev–Trinajstić information content (AvgIpc) is 2.77. The van der Waals surface area contributed by atoms with Crippen LogP contribution in [0.2, 0.25) is 0 Å². The molecule has 35 heavy (non-hydrogen) atoms. The molecule has 0 aromatic heterocycles. The number of rotatable bonds is 21. The SMILES string of the molecule is CCC/C=C/CC/C=C/CC/C=C/C(O)C(COP(=O)(O)OCC[N+](C)(C)C)NC(=O)CCCC. The number of phosphoric ester groups is 1. The zero-order valence-electron chi connectivity index (χ0n) is 22.5. The Morgan fingerprint density at radius 1 is 0.943 bits per heavy atom. The highest BCUT2D eigenvalue weighted by atomic mass is 31.2. The molecule has 204 valence electrons. The third-order valence-electron chi connectivity index (χ3n) is 5.07. The first-order chi connectivity index (χ1) is 16.5. The predicted molar refractivity (Wildman–Crippen MR) is 143 cm³/mol. The van der Waals surface area contributed by atoms with Gasteiger partial charge in [-0.15, -0.1) is 0 Å². The lowest BCUT2D eigenvalue weighted by Gasteiger charge is -2.25. The molecule has 0 bridgehead atoms. The number of nitrogens with one attached hydrogen (secondary N) is 1. The Labute approximate surface area is 213 Å². The number of amides is 1. The molecule has 0 saturated heterocycles. The molecule has 0 aliphatic heterocycles. The Kier molecular flexibility index (Phi) is 19.1. The fourth-order valence-corrected chi connectivity index (χ4v) is 3.61. The number of aliphatic hydroxyl groups excluding tert-OH is 1. The zero-order valence-corrected chi connectivity index (χ0v) is 23.4. The molecule has 9 heteroatoms. The molecule has 0 spiro atoms. The van der Waals surface area contributed by atoms with Crippen LogP contribution in [0, 0.1) is 0 Å². The number of carbonyl (C=O) groups excluding carboxylic acids is 1. The number of unbranched alkanes of at least 4 members (excludes halogenated alkanes) is 4. The van der Waals surface area contributed by atoms with Gasteiger partial charge in [0, 0.05) is 6.42 Å². The van der Waals surface area contributed by atoms with Gasteiger partial charge in [-0.2, -0.15) is 0 Å². The lowest BCUT2D eigenvalue weighted by Crippen LogP contribution is -2.45. The summed E-state index contributed by atoms with van der Waals surface area (Å²) in [5.74, 6) is -0.234. The van der Waals surface area contributed by atoms with Crippen LogP contribution >= 0.6 is 7.82 Å². The molecule has 0 aliphatic rings. The first kappa shape index (κ1) is 33.7. The topological polar surface area (TPSA) is 105 Å². The monoisotopic (exact) mass is 517 g/mol. The van der Waals surface area contributed by atoms with Gasteiger partial charge in [-0.25, -0.2) is 4.57 Å². The van der Waals surface area contributed by atoms with Crippen molar-refractivity contribution in [3.05, 3.63) is 36.5 Å². The van der Waals surface area contributed by atoms with E-state index in [1.165, 1.54) is 6.42 Å². The van der Waals surface area contributed by atoms with Crippen LogP contribution in [-0.2, 0) is 18.4 Å². The fourth-order valence-electron chi connectivity index (χ4n) is 2.88. The van der Waals surface area contributed by atoms with Crippen LogP contribution < -0.4 is 5.32 Å². The third-order valence-corrected chi connectivity index (χ3v) is 6.06. The smallest absolute Gasteiger partial charge is 0.387 e. The van der Waals surface area contributed by atoms with Crippen LogP contribution in [0.3, 0.4) is 0 Å². The third kappa shape index (κ3) is 21.7. The molecule has 0 fully saturated rings. The normalized spacial score (nSPS) is 16.2. The number of hydrogen-bond donors (Lipinski definition) is 3. The number of nitrogens with zero attached hydrogens (tertiary/aromatic N) is 1. The summed E-state index contributed by atoms with van der Waals surface area (Å²) in [6.45, 7) is 4.39. The van der Waals surface area contributed by atoms with Crippen molar-refractivity contribution in [2.45, 2.75) is 83.8 Å². The summed E-state index contributed by atoms with van der Waals surface area (Å²) in [6, 6.07) is -0.858. The van der Waals surface area contributed by atoms with Crippen LogP contribution in [0.15, 0.2) is 36.5 Å². The highest BCUT2D eigenvalue weighted by Crippen LogP contribution is 2.43. The Morgan fingerprint density at radius 2 is 1.51 bits per heavy atom. The standard InChI is InChI=1S/C26H49N2O6P/c1-6-8-10-11-12-13-14-15-16-17-18-19-25(29)24(27-26(30)20-9-7-2)23-34-35(31,32)33-22-21-28(3,4)5/h10-11,14-15,18-19,24-25,29H,6-9,12-13,16-17,20-23H2,1-5H3,(H-,27,30,31,32)/p+1/b11-10+,15-14+,19-18+. The van der Waals surface area contributed by atoms with E-state index in [4.69, 9.17) is 9.05 Å². The number of carbonyl (C=O) groups is 1. The van der Waals surface area contributed by atoms with E-state index >= 15 is 0 Å². The van der Waals surface area contributed by atoms with Crippen molar-refractivity contribution in [3.63, 3.8) is 0 Å². The van der Waals surface area contributed by atoms with E-state index in [1.54, 1.807) is 6.08 Å². The van der Waals surface area contributed by atoms with Gasteiger partial charge in [0.1, 0.15) is 13.2 Å². The lowest BCUT2D eigenvalue weighted by molar-refractivity contribution is -0.870. The maximum Gasteiger partial charge on any atom is 0.472 e. The van der Waals surface area contributed by atoms with Gasteiger partial charge in [0.25, 0.3) is 0 Å². The number of likely N-dealkylation sites (N-methyl/N-ethyl adjacent to an activating group) is 1. The number of phosphoric acid groups is 1.